The molecule has 0 unspecified atom stereocenters. The standard InChI is InChI=1S/C11H12N4OS/c1-8(16)12-10-13-11(15-14-10)17-7-9-5-3-2-4-6-9/h2-6H,7H2,1H3,(H2,12,13,14,15,16). The molecule has 2 aromatic rings. The Kier molecular flexibility index (Phi) is 3.77. The zero-order valence-corrected chi connectivity index (χ0v) is 10.1. The molecule has 2 rings (SSSR count). The molecule has 1 aromatic heterocycles. The van der Waals surface area contributed by atoms with Gasteiger partial charge < -0.3 is 0 Å². The molecule has 1 heterocycles. The number of nitrogens with zero attached hydrogens (tertiary/aromatic N) is 2. The molecule has 88 valence electrons. The maximum atomic E-state index is 10.8. The van der Waals surface area contributed by atoms with E-state index < -0.39 is 0 Å². The Morgan fingerprint density at radius 1 is 1.41 bits per heavy atom. The summed E-state index contributed by atoms with van der Waals surface area (Å²) in [6.07, 6.45) is 0. The minimum Gasteiger partial charge on any atom is -0.295 e. The lowest BCUT2D eigenvalue weighted by Crippen LogP contribution is -2.06. The average Bonchev–Trinajstić information content (AvgIpc) is 2.75. The van der Waals surface area contributed by atoms with Gasteiger partial charge in [0.25, 0.3) is 0 Å². The van der Waals surface area contributed by atoms with Crippen molar-refractivity contribution in [1.82, 2.24) is 15.2 Å². The van der Waals surface area contributed by atoms with Crippen molar-refractivity contribution in [3.8, 4) is 0 Å². The number of hydrogen-bond acceptors (Lipinski definition) is 4. The molecule has 0 atom stereocenters. The van der Waals surface area contributed by atoms with Gasteiger partial charge in [0.15, 0.2) is 0 Å². The van der Waals surface area contributed by atoms with Crippen molar-refractivity contribution >= 4 is 23.6 Å². The number of aromatic nitrogens is 3. The normalized spacial score (nSPS) is 10.2. The van der Waals surface area contributed by atoms with Crippen LogP contribution in [0.3, 0.4) is 0 Å². The van der Waals surface area contributed by atoms with Crippen LogP contribution in [0.1, 0.15) is 12.5 Å². The van der Waals surface area contributed by atoms with Gasteiger partial charge in [-0.25, -0.2) is 5.10 Å². The first-order valence-corrected chi connectivity index (χ1v) is 6.09. The maximum absolute atomic E-state index is 10.8. The van der Waals surface area contributed by atoms with Crippen LogP contribution in [0, 0.1) is 0 Å². The highest BCUT2D eigenvalue weighted by molar-refractivity contribution is 7.98. The minimum absolute atomic E-state index is 0.166. The van der Waals surface area contributed by atoms with Crippen LogP contribution < -0.4 is 5.32 Å². The summed E-state index contributed by atoms with van der Waals surface area (Å²) in [6, 6.07) is 10.1. The van der Waals surface area contributed by atoms with Crippen molar-refractivity contribution in [2.45, 2.75) is 17.8 Å². The minimum atomic E-state index is -0.166. The van der Waals surface area contributed by atoms with Crippen molar-refractivity contribution < 1.29 is 4.79 Å². The Bertz CT molecular complexity index is 497. The number of rotatable bonds is 4. The largest absolute Gasteiger partial charge is 0.295 e. The van der Waals surface area contributed by atoms with Crippen LogP contribution in [0.25, 0.3) is 0 Å². The summed E-state index contributed by atoms with van der Waals surface area (Å²) in [5, 5.41) is 9.82. The van der Waals surface area contributed by atoms with Crippen LogP contribution in [0.4, 0.5) is 5.95 Å². The predicted molar refractivity (Wildman–Crippen MR) is 66.7 cm³/mol. The van der Waals surface area contributed by atoms with Gasteiger partial charge in [-0.05, 0) is 5.56 Å². The lowest BCUT2D eigenvalue weighted by atomic mass is 10.2. The molecule has 0 bridgehead atoms. The van der Waals surface area contributed by atoms with Crippen LogP contribution in [0.5, 0.6) is 0 Å². The highest BCUT2D eigenvalue weighted by Gasteiger charge is 2.04. The number of carbonyl (C=O) groups excluding carboxylic acids is 1. The fourth-order valence-corrected chi connectivity index (χ4v) is 2.01. The van der Waals surface area contributed by atoms with E-state index >= 15 is 0 Å². The van der Waals surface area contributed by atoms with Gasteiger partial charge in [-0.15, -0.1) is 5.10 Å². The Labute approximate surface area is 103 Å². The second-order valence-corrected chi connectivity index (χ2v) is 4.36. The first kappa shape index (κ1) is 11.7. The number of aromatic amines is 1. The molecule has 0 fully saturated rings. The van der Waals surface area contributed by atoms with Crippen LogP contribution in [0.2, 0.25) is 0 Å². The van der Waals surface area contributed by atoms with E-state index in [0.717, 1.165) is 5.75 Å². The van der Waals surface area contributed by atoms with Gasteiger partial charge in [0.1, 0.15) is 0 Å². The highest BCUT2D eigenvalue weighted by Crippen LogP contribution is 2.19. The molecule has 0 radical (unpaired) electrons. The number of anilines is 1. The van der Waals surface area contributed by atoms with E-state index in [1.54, 1.807) is 0 Å². The molecule has 0 aliphatic heterocycles. The average molecular weight is 248 g/mol. The van der Waals surface area contributed by atoms with Gasteiger partial charge >= 0.3 is 0 Å². The van der Waals surface area contributed by atoms with E-state index in [2.05, 4.69) is 20.5 Å². The van der Waals surface area contributed by atoms with Crippen molar-refractivity contribution in [1.29, 1.82) is 0 Å². The van der Waals surface area contributed by atoms with E-state index in [4.69, 9.17) is 0 Å². The first-order valence-electron chi connectivity index (χ1n) is 5.11. The maximum Gasteiger partial charge on any atom is 0.226 e. The Balaban J connectivity index is 1.91. The molecule has 5 nitrogen and oxygen atoms in total. The fraction of sp³-hybridized carbons (Fsp3) is 0.182. The molecule has 2 N–H and O–H groups in total. The van der Waals surface area contributed by atoms with E-state index in [1.165, 1.54) is 24.2 Å². The molecule has 0 spiro atoms. The second-order valence-electron chi connectivity index (χ2n) is 3.42. The number of nitrogens with one attached hydrogen (secondary N) is 2. The molecule has 0 aliphatic rings. The molecule has 6 heteroatoms. The smallest absolute Gasteiger partial charge is 0.226 e. The van der Waals surface area contributed by atoms with E-state index in [9.17, 15) is 4.79 Å². The first-order chi connectivity index (χ1) is 8.24. The molecule has 0 saturated carbocycles. The van der Waals surface area contributed by atoms with Crippen molar-refractivity contribution in [3.05, 3.63) is 35.9 Å². The van der Waals surface area contributed by atoms with E-state index in [0.29, 0.717) is 11.1 Å². The third-order valence-corrected chi connectivity index (χ3v) is 2.89. The Morgan fingerprint density at radius 2 is 2.18 bits per heavy atom. The van der Waals surface area contributed by atoms with Gasteiger partial charge in [-0.2, -0.15) is 4.98 Å². The zero-order valence-electron chi connectivity index (χ0n) is 9.30. The summed E-state index contributed by atoms with van der Waals surface area (Å²) in [7, 11) is 0. The van der Waals surface area contributed by atoms with E-state index in [1.807, 2.05) is 30.3 Å². The summed E-state index contributed by atoms with van der Waals surface area (Å²) in [4.78, 5) is 14.9. The van der Waals surface area contributed by atoms with Gasteiger partial charge in [0.05, 0.1) is 0 Å². The molecular formula is C11H12N4OS. The Hall–Kier alpha value is -1.82. The Morgan fingerprint density at radius 3 is 2.88 bits per heavy atom. The third-order valence-electron chi connectivity index (χ3n) is 1.97. The van der Waals surface area contributed by atoms with Crippen LogP contribution in [-0.4, -0.2) is 21.1 Å². The summed E-state index contributed by atoms with van der Waals surface area (Å²) >= 11 is 1.52. The van der Waals surface area contributed by atoms with Gasteiger partial charge in [0.2, 0.25) is 17.0 Å². The molecular weight excluding hydrogens is 236 g/mol. The number of benzene rings is 1. The predicted octanol–water partition coefficient (Wildman–Crippen LogP) is 2.06. The molecule has 1 amide bonds. The van der Waals surface area contributed by atoms with Gasteiger partial charge in [-0.3, -0.25) is 10.1 Å². The fourth-order valence-electron chi connectivity index (χ4n) is 1.26. The SMILES string of the molecule is CC(=O)Nc1nc(SCc2ccccc2)n[nH]1. The van der Waals surface area contributed by atoms with Crippen LogP contribution in [-0.2, 0) is 10.5 Å². The number of hydrogen-bond donors (Lipinski definition) is 2. The number of H-pyrrole nitrogens is 1. The molecule has 1 aromatic carbocycles. The molecule has 0 saturated heterocycles. The lowest BCUT2D eigenvalue weighted by molar-refractivity contribution is -0.114. The quantitative estimate of drug-likeness (QED) is 0.812. The van der Waals surface area contributed by atoms with Crippen molar-refractivity contribution in [3.63, 3.8) is 0 Å². The topological polar surface area (TPSA) is 70.7 Å². The number of amides is 1. The lowest BCUT2D eigenvalue weighted by Gasteiger charge is -1.96. The summed E-state index contributed by atoms with van der Waals surface area (Å²) < 4.78 is 0. The van der Waals surface area contributed by atoms with Crippen LogP contribution in [0.15, 0.2) is 35.5 Å². The number of thioether (sulfide) groups is 1. The van der Waals surface area contributed by atoms with E-state index in [-0.39, 0.29) is 5.91 Å². The number of carbonyl (C=O) groups is 1. The molecule has 17 heavy (non-hydrogen) atoms. The summed E-state index contributed by atoms with van der Waals surface area (Å²) in [5.74, 6) is 1.02. The zero-order chi connectivity index (χ0) is 12.1. The summed E-state index contributed by atoms with van der Waals surface area (Å²) in [6.45, 7) is 1.43. The van der Waals surface area contributed by atoms with Crippen molar-refractivity contribution in [2.75, 3.05) is 5.32 Å². The van der Waals surface area contributed by atoms with Crippen LogP contribution >= 0.6 is 11.8 Å². The van der Waals surface area contributed by atoms with Gasteiger partial charge in [-0.1, -0.05) is 42.1 Å². The monoisotopic (exact) mass is 248 g/mol. The second kappa shape index (κ2) is 5.49. The summed E-state index contributed by atoms with van der Waals surface area (Å²) in [5.41, 5.74) is 1.21. The highest BCUT2D eigenvalue weighted by atomic mass is 32.2. The molecule has 0 aliphatic carbocycles. The third kappa shape index (κ3) is 3.60. The van der Waals surface area contributed by atoms with Gasteiger partial charge in [0, 0.05) is 12.7 Å². The van der Waals surface area contributed by atoms with Crippen molar-refractivity contribution in [2.24, 2.45) is 0 Å².